The molecule has 1 heterocycles. The standard InChI is InChI=1S/C17H22N2O/c1-12(2)19-13(3)11-16(14(19)4)17(20)18(5)15-9-7-6-8-10-15/h6-12H,1-5H3. The fourth-order valence-corrected chi connectivity index (χ4v) is 2.74. The number of carbonyl (C=O) groups excluding carboxylic acids is 1. The quantitative estimate of drug-likeness (QED) is 0.828. The van der Waals surface area contributed by atoms with Gasteiger partial charge in [0.05, 0.1) is 5.56 Å². The van der Waals surface area contributed by atoms with Crippen molar-refractivity contribution in [2.75, 3.05) is 11.9 Å². The van der Waals surface area contributed by atoms with Crippen LogP contribution in [0.15, 0.2) is 36.4 Å². The zero-order valence-electron chi connectivity index (χ0n) is 12.8. The predicted molar refractivity (Wildman–Crippen MR) is 83.5 cm³/mol. The summed E-state index contributed by atoms with van der Waals surface area (Å²) in [6, 6.07) is 12.1. The molecule has 3 nitrogen and oxygen atoms in total. The van der Waals surface area contributed by atoms with Crippen molar-refractivity contribution in [1.29, 1.82) is 0 Å². The van der Waals surface area contributed by atoms with Gasteiger partial charge in [-0.05, 0) is 45.9 Å². The maximum absolute atomic E-state index is 12.7. The summed E-state index contributed by atoms with van der Waals surface area (Å²) in [5.74, 6) is 0.0381. The van der Waals surface area contributed by atoms with Gasteiger partial charge in [-0.2, -0.15) is 0 Å². The van der Waals surface area contributed by atoms with Crippen molar-refractivity contribution >= 4 is 11.6 Å². The number of amides is 1. The number of benzene rings is 1. The van der Waals surface area contributed by atoms with Crippen LogP contribution < -0.4 is 4.90 Å². The van der Waals surface area contributed by atoms with Crippen molar-refractivity contribution in [3.63, 3.8) is 0 Å². The Kier molecular flexibility index (Phi) is 3.98. The lowest BCUT2D eigenvalue weighted by Gasteiger charge is -2.18. The van der Waals surface area contributed by atoms with Crippen molar-refractivity contribution in [3.8, 4) is 0 Å². The molecule has 3 heteroatoms. The molecule has 1 amide bonds. The summed E-state index contributed by atoms with van der Waals surface area (Å²) in [5, 5.41) is 0. The third-order valence-electron chi connectivity index (χ3n) is 3.68. The number of anilines is 1. The van der Waals surface area contributed by atoms with Gasteiger partial charge in [0.2, 0.25) is 0 Å². The number of para-hydroxylation sites is 1. The summed E-state index contributed by atoms with van der Waals surface area (Å²) in [6.45, 7) is 8.33. The van der Waals surface area contributed by atoms with Crippen LogP contribution in [0.3, 0.4) is 0 Å². The largest absolute Gasteiger partial charge is 0.346 e. The molecule has 0 unspecified atom stereocenters. The molecule has 0 fully saturated rings. The number of rotatable bonds is 3. The van der Waals surface area contributed by atoms with E-state index in [-0.39, 0.29) is 5.91 Å². The van der Waals surface area contributed by atoms with E-state index in [9.17, 15) is 4.79 Å². The van der Waals surface area contributed by atoms with Crippen LogP contribution in [0.5, 0.6) is 0 Å². The Morgan fingerprint density at radius 3 is 2.25 bits per heavy atom. The molecule has 2 aromatic rings. The minimum atomic E-state index is 0.0381. The van der Waals surface area contributed by atoms with Crippen molar-refractivity contribution in [2.24, 2.45) is 0 Å². The van der Waals surface area contributed by atoms with E-state index in [2.05, 4.69) is 18.4 Å². The van der Waals surface area contributed by atoms with Gasteiger partial charge in [-0.15, -0.1) is 0 Å². The molecule has 0 spiro atoms. The number of aryl methyl sites for hydroxylation is 1. The van der Waals surface area contributed by atoms with E-state index < -0.39 is 0 Å². The van der Waals surface area contributed by atoms with Gasteiger partial charge in [-0.1, -0.05) is 18.2 Å². The van der Waals surface area contributed by atoms with Gasteiger partial charge in [-0.25, -0.2) is 0 Å². The number of carbonyl (C=O) groups is 1. The second-order valence-electron chi connectivity index (χ2n) is 5.45. The second kappa shape index (κ2) is 5.53. The topological polar surface area (TPSA) is 25.2 Å². The van der Waals surface area contributed by atoms with Crippen LogP contribution in [0.25, 0.3) is 0 Å². The summed E-state index contributed by atoms with van der Waals surface area (Å²) in [6.07, 6.45) is 0. The summed E-state index contributed by atoms with van der Waals surface area (Å²) in [4.78, 5) is 14.4. The first-order chi connectivity index (χ1) is 9.43. The number of nitrogens with zero attached hydrogens (tertiary/aromatic N) is 2. The van der Waals surface area contributed by atoms with Crippen LogP contribution in [-0.2, 0) is 0 Å². The molecule has 0 bridgehead atoms. The molecule has 0 N–H and O–H groups in total. The fraction of sp³-hybridized carbons (Fsp3) is 0.353. The lowest BCUT2D eigenvalue weighted by molar-refractivity contribution is 0.0992. The molecule has 0 atom stereocenters. The third-order valence-corrected chi connectivity index (χ3v) is 3.68. The van der Waals surface area contributed by atoms with Crippen molar-refractivity contribution in [3.05, 3.63) is 53.3 Å². The van der Waals surface area contributed by atoms with E-state index in [0.29, 0.717) is 6.04 Å². The molecule has 1 aromatic carbocycles. The van der Waals surface area contributed by atoms with Crippen LogP contribution in [0, 0.1) is 13.8 Å². The van der Waals surface area contributed by atoms with Crippen molar-refractivity contribution < 1.29 is 4.79 Å². The summed E-state index contributed by atoms with van der Waals surface area (Å²) in [5.41, 5.74) is 3.85. The second-order valence-corrected chi connectivity index (χ2v) is 5.45. The molecule has 0 saturated heterocycles. The first-order valence-corrected chi connectivity index (χ1v) is 6.95. The Hall–Kier alpha value is -2.03. The summed E-state index contributed by atoms with van der Waals surface area (Å²) in [7, 11) is 1.82. The minimum absolute atomic E-state index is 0.0381. The highest BCUT2D eigenvalue weighted by molar-refractivity contribution is 6.06. The zero-order valence-corrected chi connectivity index (χ0v) is 12.8. The maximum Gasteiger partial charge on any atom is 0.259 e. The Morgan fingerprint density at radius 1 is 1.15 bits per heavy atom. The van der Waals surface area contributed by atoms with Crippen molar-refractivity contribution in [2.45, 2.75) is 33.7 Å². The van der Waals surface area contributed by atoms with E-state index >= 15 is 0 Å². The molecule has 2 rings (SSSR count). The summed E-state index contributed by atoms with van der Waals surface area (Å²) >= 11 is 0. The number of hydrogen-bond donors (Lipinski definition) is 0. The smallest absolute Gasteiger partial charge is 0.259 e. The SMILES string of the molecule is Cc1cc(C(=O)N(C)c2ccccc2)c(C)n1C(C)C. The Bertz CT molecular complexity index is 611. The first kappa shape index (κ1) is 14.4. The lowest BCUT2D eigenvalue weighted by atomic mass is 10.2. The normalized spacial score (nSPS) is 10.9. The van der Waals surface area contributed by atoms with Crippen LogP contribution in [0.1, 0.15) is 41.6 Å². The van der Waals surface area contributed by atoms with E-state index in [1.165, 1.54) is 0 Å². The maximum atomic E-state index is 12.7. The molecule has 106 valence electrons. The van der Waals surface area contributed by atoms with Gasteiger partial charge in [-0.3, -0.25) is 4.79 Å². The Morgan fingerprint density at radius 2 is 1.75 bits per heavy atom. The van der Waals surface area contributed by atoms with E-state index in [1.54, 1.807) is 4.90 Å². The van der Waals surface area contributed by atoms with Crippen LogP contribution >= 0.6 is 0 Å². The Balaban J connectivity index is 2.37. The van der Waals surface area contributed by atoms with Gasteiger partial charge in [0.15, 0.2) is 0 Å². The highest BCUT2D eigenvalue weighted by Gasteiger charge is 2.20. The van der Waals surface area contributed by atoms with Gasteiger partial charge in [0.25, 0.3) is 5.91 Å². The minimum Gasteiger partial charge on any atom is -0.346 e. The van der Waals surface area contributed by atoms with Gasteiger partial charge < -0.3 is 9.47 Å². The number of hydrogen-bond acceptors (Lipinski definition) is 1. The van der Waals surface area contributed by atoms with Crippen molar-refractivity contribution in [1.82, 2.24) is 4.57 Å². The molecular weight excluding hydrogens is 248 g/mol. The molecule has 1 aromatic heterocycles. The van der Waals surface area contributed by atoms with Gasteiger partial charge >= 0.3 is 0 Å². The average Bonchev–Trinajstić information content (AvgIpc) is 2.73. The van der Waals surface area contributed by atoms with Crippen LogP contribution in [0.2, 0.25) is 0 Å². The molecule has 0 aliphatic rings. The highest BCUT2D eigenvalue weighted by atomic mass is 16.2. The highest BCUT2D eigenvalue weighted by Crippen LogP contribution is 2.23. The molecular formula is C17H22N2O. The lowest BCUT2D eigenvalue weighted by Crippen LogP contribution is -2.26. The van der Waals surface area contributed by atoms with Gasteiger partial charge in [0.1, 0.15) is 0 Å². The molecule has 0 aliphatic heterocycles. The number of aromatic nitrogens is 1. The monoisotopic (exact) mass is 270 g/mol. The van der Waals surface area contributed by atoms with E-state index in [1.807, 2.05) is 57.3 Å². The third kappa shape index (κ3) is 2.48. The van der Waals surface area contributed by atoms with Crippen LogP contribution in [-0.4, -0.2) is 17.5 Å². The van der Waals surface area contributed by atoms with E-state index in [0.717, 1.165) is 22.6 Å². The predicted octanol–water partition coefficient (Wildman–Crippen LogP) is 3.96. The first-order valence-electron chi connectivity index (χ1n) is 6.95. The molecule has 20 heavy (non-hydrogen) atoms. The molecule has 0 radical (unpaired) electrons. The van der Waals surface area contributed by atoms with Crippen LogP contribution in [0.4, 0.5) is 5.69 Å². The Labute approximate surface area is 120 Å². The average molecular weight is 270 g/mol. The summed E-state index contributed by atoms with van der Waals surface area (Å²) < 4.78 is 2.20. The zero-order chi connectivity index (χ0) is 14.9. The fourth-order valence-electron chi connectivity index (χ4n) is 2.74. The van der Waals surface area contributed by atoms with E-state index in [4.69, 9.17) is 0 Å². The van der Waals surface area contributed by atoms with Gasteiger partial charge in [0, 0.05) is 30.2 Å². The molecule has 0 aliphatic carbocycles. The molecule has 0 saturated carbocycles.